The molecular formula is C16H26N2. The third-order valence-electron chi connectivity index (χ3n) is 3.98. The van der Waals surface area contributed by atoms with Gasteiger partial charge in [0.1, 0.15) is 0 Å². The maximum absolute atomic E-state index is 3.28. The SMILES string of the molecule is CNCCC1CCCCN1Cc1ccc(C)cc1. The van der Waals surface area contributed by atoms with E-state index in [0.717, 1.165) is 19.1 Å². The fourth-order valence-electron chi connectivity index (χ4n) is 2.83. The topological polar surface area (TPSA) is 15.3 Å². The molecule has 1 aliphatic heterocycles. The molecule has 0 radical (unpaired) electrons. The highest BCUT2D eigenvalue weighted by Gasteiger charge is 2.21. The summed E-state index contributed by atoms with van der Waals surface area (Å²) in [6, 6.07) is 9.77. The van der Waals surface area contributed by atoms with E-state index in [9.17, 15) is 0 Å². The van der Waals surface area contributed by atoms with Gasteiger partial charge >= 0.3 is 0 Å². The van der Waals surface area contributed by atoms with Gasteiger partial charge in [-0.05, 0) is 51.9 Å². The van der Waals surface area contributed by atoms with Gasteiger partial charge < -0.3 is 5.32 Å². The second-order valence-corrected chi connectivity index (χ2v) is 5.50. The first-order chi connectivity index (χ1) is 8.79. The first kappa shape index (κ1) is 13.6. The van der Waals surface area contributed by atoms with Crippen molar-refractivity contribution in [1.82, 2.24) is 10.2 Å². The Morgan fingerprint density at radius 1 is 1.22 bits per heavy atom. The molecule has 0 amide bonds. The van der Waals surface area contributed by atoms with Crippen LogP contribution in [0.15, 0.2) is 24.3 Å². The average molecular weight is 246 g/mol. The van der Waals surface area contributed by atoms with Crippen LogP contribution in [0.1, 0.15) is 36.8 Å². The lowest BCUT2D eigenvalue weighted by Crippen LogP contribution is -2.40. The lowest BCUT2D eigenvalue weighted by atomic mass is 9.98. The van der Waals surface area contributed by atoms with Crippen molar-refractivity contribution in [1.29, 1.82) is 0 Å². The first-order valence-electron chi connectivity index (χ1n) is 7.24. The summed E-state index contributed by atoms with van der Waals surface area (Å²) in [4.78, 5) is 2.67. The van der Waals surface area contributed by atoms with Gasteiger partial charge in [0.25, 0.3) is 0 Å². The minimum absolute atomic E-state index is 0.771. The molecule has 0 bridgehead atoms. The third kappa shape index (κ3) is 3.82. The van der Waals surface area contributed by atoms with Crippen LogP contribution in [0.5, 0.6) is 0 Å². The summed E-state index contributed by atoms with van der Waals surface area (Å²) in [7, 11) is 2.05. The van der Waals surface area contributed by atoms with Crippen molar-refractivity contribution in [2.75, 3.05) is 20.1 Å². The molecule has 100 valence electrons. The Kier molecular flexibility index (Phi) is 5.21. The van der Waals surface area contributed by atoms with E-state index in [-0.39, 0.29) is 0 Å². The third-order valence-corrected chi connectivity index (χ3v) is 3.98. The molecule has 2 rings (SSSR count). The Balaban J connectivity index is 1.94. The molecule has 1 aromatic rings. The number of rotatable bonds is 5. The predicted octanol–water partition coefficient (Wildman–Crippen LogP) is 2.96. The van der Waals surface area contributed by atoms with E-state index in [1.165, 1.54) is 43.4 Å². The van der Waals surface area contributed by atoms with Gasteiger partial charge in [0, 0.05) is 12.6 Å². The summed E-state index contributed by atoms with van der Waals surface area (Å²) in [5.41, 5.74) is 2.81. The summed E-state index contributed by atoms with van der Waals surface area (Å²) in [5, 5.41) is 3.28. The highest BCUT2D eigenvalue weighted by molar-refractivity contribution is 5.21. The number of hydrogen-bond acceptors (Lipinski definition) is 2. The minimum Gasteiger partial charge on any atom is -0.320 e. The monoisotopic (exact) mass is 246 g/mol. The summed E-state index contributed by atoms with van der Waals surface area (Å²) in [6.45, 7) is 5.67. The van der Waals surface area contributed by atoms with Gasteiger partial charge in [-0.15, -0.1) is 0 Å². The molecule has 0 saturated carbocycles. The second kappa shape index (κ2) is 6.91. The lowest BCUT2D eigenvalue weighted by Gasteiger charge is -2.36. The van der Waals surface area contributed by atoms with Gasteiger partial charge in [-0.1, -0.05) is 36.2 Å². The zero-order valence-corrected chi connectivity index (χ0v) is 11.8. The lowest BCUT2D eigenvalue weighted by molar-refractivity contribution is 0.132. The molecule has 0 aromatic heterocycles. The fourth-order valence-corrected chi connectivity index (χ4v) is 2.83. The van der Waals surface area contributed by atoms with Crippen LogP contribution in [0.4, 0.5) is 0 Å². The second-order valence-electron chi connectivity index (χ2n) is 5.50. The van der Waals surface area contributed by atoms with Crippen LogP contribution in [0.2, 0.25) is 0 Å². The maximum atomic E-state index is 3.28. The molecule has 1 N–H and O–H groups in total. The molecule has 1 unspecified atom stereocenters. The molecule has 0 aliphatic carbocycles. The molecule has 18 heavy (non-hydrogen) atoms. The quantitative estimate of drug-likeness (QED) is 0.859. The normalized spacial score (nSPS) is 21.1. The molecule has 1 aliphatic rings. The van der Waals surface area contributed by atoms with Crippen LogP contribution >= 0.6 is 0 Å². The van der Waals surface area contributed by atoms with Crippen LogP contribution < -0.4 is 5.32 Å². The van der Waals surface area contributed by atoms with Crippen LogP contribution in [-0.4, -0.2) is 31.1 Å². The zero-order valence-electron chi connectivity index (χ0n) is 11.8. The van der Waals surface area contributed by atoms with Gasteiger partial charge in [0.2, 0.25) is 0 Å². The number of nitrogens with zero attached hydrogens (tertiary/aromatic N) is 1. The molecule has 1 saturated heterocycles. The number of likely N-dealkylation sites (tertiary alicyclic amines) is 1. The number of aryl methyl sites for hydroxylation is 1. The van der Waals surface area contributed by atoms with Crippen molar-refractivity contribution in [3.05, 3.63) is 35.4 Å². The molecule has 2 nitrogen and oxygen atoms in total. The Bertz CT molecular complexity index is 345. The standard InChI is InChI=1S/C16H26N2/c1-14-6-8-15(9-7-14)13-18-12-4-3-5-16(18)10-11-17-2/h6-9,16-17H,3-5,10-13H2,1-2H3. The van der Waals surface area contributed by atoms with Gasteiger partial charge in [-0.2, -0.15) is 0 Å². The van der Waals surface area contributed by atoms with E-state index >= 15 is 0 Å². The average Bonchev–Trinajstić information content (AvgIpc) is 2.40. The molecule has 1 fully saturated rings. The summed E-state index contributed by atoms with van der Waals surface area (Å²) in [5.74, 6) is 0. The predicted molar refractivity (Wildman–Crippen MR) is 77.8 cm³/mol. The number of hydrogen-bond donors (Lipinski definition) is 1. The molecule has 1 heterocycles. The number of benzene rings is 1. The Morgan fingerprint density at radius 2 is 2.00 bits per heavy atom. The van der Waals surface area contributed by atoms with Crippen LogP contribution in [0, 0.1) is 6.92 Å². The van der Waals surface area contributed by atoms with E-state index in [4.69, 9.17) is 0 Å². The number of nitrogens with one attached hydrogen (secondary N) is 1. The minimum atomic E-state index is 0.771. The fraction of sp³-hybridized carbons (Fsp3) is 0.625. The Labute approximate surface area is 111 Å². The molecule has 0 spiro atoms. The summed E-state index contributed by atoms with van der Waals surface area (Å²) < 4.78 is 0. The molecule has 1 atom stereocenters. The molecule has 1 aromatic carbocycles. The van der Waals surface area contributed by atoms with Crippen molar-refractivity contribution >= 4 is 0 Å². The Hall–Kier alpha value is -0.860. The van der Waals surface area contributed by atoms with Crippen molar-refractivity contribution in [2.24, 2.45) is 0 Å². The van der Waals surface area contributed by atoms with E-state index in [1.54, 1.807) is 0 Å². The van der Waals surface area contributed by atoms with Crippen molar-refractivity contribution < 1.29 is 0 Å². The summed E-state index contributed by atoms with van der Waals surface area (Å²) >= 11 is 0. The van der Waals surface area contributed by atoms with Gasteiger partial charge in [0.05, 0.1) is 0 Å². The largest absolute Gasteiger partial charge is 0.320 e. The van der Waals surface area contributed by atoms with Gasteiger partial charge in [-0.25, -0.2) is 0 Å². The number of piperidine rings is 1. The molecular weight excluding hydrogens is 220 g/mol. The van der Waals surface area contributed by atoms with Crippen LogP contribution in [-0.2, 0) is 6.54 Å². The van der Waals surface area contributed by atoms with Gasteiger partial charge in [0.15, 0.2) is 0 Å². The van der Waals surface area contributed by atoms with Gasteiger partial charge in [-0.3, -0.25) is 4.90 Å². The molecule has 2 heteroatoms. The highest BCUT2D eigenvalue weighted by Crippen LogP contribution is 2.21. The van der Waals surface area contributed by atoms with Crippen LogP contribution in [0.3, 0.4) is 0 Å². The van der Waals surface area contributed by atoms with Crippen molar-refractivity contribution in [3.8, 4) is 0 Å². The first-order valence-corrected chi connectivity index (χ1v) is 7.24. The Morgan fingerprint density at radius 3 is 2.72 bits per heavy atom. The zero-order chi connectivity index (χ0) is 12.8. The highest BCUT2D eigenvalue weighted by atomic mass is 15.2. The van der Waals surface area contributed by atoms with Crippen molar-refractivity contribution in [2.45, 2.75) is 45.2 Å². The van der Waals surface area contributed by atoms with Crippen LogP contribution in [0.25, 0.3) is 0 Å². The van der Waals surface area contributed by atoms with Crippen molar-refractivity contribution in [3.63, 3.8) is 0 Å². The van der Waals surface area contributed by atoms with E-state index < -0.39 is 0 Å². The van der Waals surface area contributed by atoms with E-state index in [0.29, 0.717) is 0 Å². The van der Waals surface area contributed by atoms with E-state index in [2.05, 4.69) is 41.4 Å². The summed E-state index contributed by atoms with van der Waals surface area (Å²) in [6.07, 6.45) is 5.41. The maximum Gasteiger partial charge on any atom is 0.0236 e. The smallest absolute Gasteiger partial charge is 0.0236 e. The van der Waals surface area contributed by atoms with E-state index in [1.807, 2.05) is 7.05 Å².